The second-order valence-corrected chi connectivity index (χ2v) is 6.83. The average molecular weight is 350 g/mol. The Kier molecular flexibility index (Phi) is 4.40. The van der Waals surface area contributed by atoms with Gasteiger partial charge in [-0.2, -0.15) is 0 Å². The molecule has 25 heavy (non-hydrogen) atoms. The Labute approximate surface area is 144 Å². The zero-order valence-corrected chi connectivity index (χ0v) is 14.4. The van der Waals surface area contributed by atoms with Crippen LogP contribution in [0.25, 0.3) is 0 Å². The minimum atomic E-state index is -0.581. The predicted octanol–water partition coefficient (Wildman–Crippen LogP) is -0.253. The van der Waals surface area contributed by atoms with E-state index in [1.807, 2.05) is 0 Å². The molecule has 9 heteroatoms. The molecule has 1 unspecified atom stereocenters. The normalized spacial score (nSPS) is 23.7. The number of rotatable bonds is 2. The molecule has 2 aliphatic heterocycles. The second kappa shape index (κ2) is 6.38. The Bertz CT molecular complexity index is 813. The molecule has 3 heterocycles. The SMILES string of the molecule is Cc1[nH]c(=O)[nH]c(=O)c1CC(=O)N1CCCC2(CC1)CN(C)C(=O)O2. The molecule has 0 saturated carbocycles. The van der Waals surface area contributed by atoms with Crippen molar-refractivity contribution in [2.75, 3.05) is 26.7 Å². The van der Waals surface area contributed by atoms with Crippen molar-refractivity contribution in [3.8, 4) is 0 Å². The number of ether oxygens (including phenoxy) is 1. The summed E-state index contributed by atoms with van der Waals surface area (Å²) in [4.78, 5) is 55.3. The molecule has 2 fully saturated rings. The monoisotopic (exact) mass is 350 g/mol. The average Bonchev–Trinajstić information content (AvgIpc) is 2.69. The number of H-pyrrole nitrogens is 2. The molecule has 2 amide bonds. The summed E-state index contributed by atoms with van der Waals surface area (Å²) in [5.41, 5.74) is -0.961. The fraction of sp³-hybridized carbons (Fsp3) is 0.625. The van der Waals surface area contributed by atoms with Crippen molar-refractivity contribution < 1.29 is 14.3 Å². The molecule has 2 N–H and O–H groups in total. The van der Waals surface area contributed by atoms with Gasteiger partial charge in [-0.1, -0.05) is 0 Å². The van der Waals surface area contributed by atoms with E-state index in [2.05, 4.69) is 9.97 Å². The predicted molar refractivity (Wildman–Crippen MR) is 88.4 cm³/mol. The first kappa shape index (κ1) is 17.2. The van der Waals surface area contributed by atoms with Crippen LogP contribution in [0.2, 0.25) is 0 Å². The molecule has 1 aromatic heterocycles. The number of nitrogens with zero attached hydrogens (tertiary/aromatic N) is 2. The Morgan fingerprint density at radius 2 is 1.96 bits per heavy atom. The highest BCUT2D eigenvalue weighted by Gasteiger charge is 2.44. The highest BCUT2D eigenvalue weighted by atomic mass is 16.6. The smallest absolute Gasteiger partial charge is 0.410 e. The summed E-state index contributed by atoms with van der Waals surface area (Å²) in [6.45, 7) is 3.17. The number of hydrogen-bond acceptors (Lipinski definition) is 5. The van der Waals surface area contributed by atoms with E-state index in [4.69, 9.17) is 4.74 Å². The van der Waals surface area contributed by atoms with Crippen LogP contribution in [-0.2, 0) is 16.0 Å². The summed E-state index contributed by atoms with van der Waals surface area (Å²) in [5, 5.41) is 0. The van der Waals surface area contributed by atoms with E-state index < -0.39 is 16.9 Å². The van der Waals surface area contributed by atoms with E-state index in [1.54, 1.807) is 23.8 Å². The van der Waals surface area contributed by atoms with Gasteiger partial charge in [0.25, 0.3) is 5.56 Å². The van der Waals surface area contributed by atoms with Crippen molar-refractivity contribution in [2.24, 2.45) is 0 Å². The fourth-order valence-corrected chi connectivity index (χ4v) is 3.57. The van der Waals surface area contributed by atoms with Gasteiger partial charge >= 0.3 is 11.8 Å². The number of hydrogen-bond donors (Lipinski definition) is 2. The Balaban J connectivity index is 1.69. The van der Waals surface area contributed by atoms with Gasteiger partial charge in [0, 0.05) is 37.8 Å². The maximum absolute atomic E-state index is 12.6. The molecule has 0 aliphatic carbocycles. The highest BCUT2D eigenvalue weighted by Crippen LogP contribution is 2.32. The third kappa shape index (κ3) is 3.45. The number of likely N-dealkylation sites (N-methyl/N-ethyl adjacent to an activating group) is 1. The number of carbonyl (C=O) groups is 2. The largest absolute Gasteiger partial charge is 0.441 e. The summed E-state index contributed by atoms with van der Waals surface area (Å²) < 4.78 is 5.53. The molecule has 2 saturated heterocycles. The summed E-state index contributed by atoms with van der Waals surface area (Å²) in [6, 6.07) is 0. The quantitative estimate of drug-likeness (QED) is 0.763. The van der Waals surface area contributed by atoms with Crippen LogP contribution in [0.3, 0.4) is 0 Å². The van der Waals surface area contributed by atoms with E-state index in [9.17, 15) is 19.2 Å². The third-order valence-electron chi connectivity index (χ3n) is 4.97. The lowest BCUT2D eigenvalue weighted by Crippen LogP contribution is -2.38. The zero-order chi connectivity index (χ0) is 18.2. The van der Waals surface area contributed by atoms with Crippen molar-refractivity contribution in [3.05, 3.63) is 32.1 Å². The molecule has 1 atom stereocenters. The van der Waals surface area contributed by atoms with Gasteiger partial charge in [-0.25, -0.2) is 9.59 Å². The van der Waals surface area contributed by atoms with Gasteiger partial charge < -0.3 is 19.5 Å². The van der Waals surface area contributed by atoms with Crippen LogP contribution in [0.4, 0.5) is 4.79 Å². The summed E-state index contributed by atoms with van der Waals surface area (Å²) >= 11 is 0. The summed E-state index contributed by atoms with van der Waals surface area (Å²) in [6.07, 6.45) is 1.63. The van der Waals surface area contributed by atoms with Gasteiger partial charge in [0.2, 0.25) is 5.91 Å². The van der Waals surface area contributed by atoms with Crippen LogP contribution in [0, 0.1) is 6.92 Å². The van der Waals surface area contributed by atoms with E-state index in [0.29, 0.717) is 38.2 Å². The Hall–Kier alpha value is -2.58. The number of amides is 2. The van der Waals surface area contributed by atoms with Crippen LogP contribution in [0.15, 0.2) is 9.59 Å². The van der Waals surface area contributed by atoms with E-state index in [-0.39, 0.29) is 24.0 Å². The third-order valence-corrected chi connectivity index (χ3v) is 4.97. The first-order valence-corrected chi connectivity index (χ1v) is 8.34. The van der Waals surface area contributed by atoms with Gasteiger partial charge in [0.05, 0.1) is 13.0 Å². The van der Waals surface area contributed by atoms with Crippen LogP contribution < -0.4 is 11.2 Å². The number of likely N-dealkylation sites (tertiary alicyclic amines) is 1. The standard InChI is InChI=1S/C16H22N4O5/c1-10-11(13(22)18-14(23)17-10)8-12(21)20-6-3-4-16(5-7-20)9-19(2)15(24)25-16/h3-9H2,1-2H3,(H2,17,18,22,23). The molecule has 3 rings (SSSR count). The maximum Gasteiger partial charge on any atom is 0.410 e. The number of aromatic amines is 2. The van der Waals surface area contributed by atoms with Crippen LogP contribution in [0.1, 0.15) is 30.5 Å². The molecular formula is C16H22N4O5. The van der Waals surface area contributed by atoms with Crippen molar-refractivity contribution in [1.29, 1.82) is 0 Å². The van der Waals surface area contributed by atoms with Crippen LogP contribution >= 0.6 is 0 Å². The first-order valence-electron chi connectivity index (χ1n) is 8.34. The van der Waals surface area contributed by atoms with E-state index in [1.165, 1.54) is 0 Å². The molecular weight excluding hydrogens is 328 g/mol. The molecule has 1 spiro atoms. The second-order valence-electron chi connectivity index (χ2n) is 6.83. The van der Waals surface area contributed by atoms with E-state index in [0.717, 1.165) is 6.42 Å². The van der Waals surface area contributed by atoms with E-state index >= 15 is 0 Å². The van der Waals surface area contributed by atoms with Crippen molar-refractivity contribution in [2.45, 2.75) is 38.2 Å². The van der Waals surface area contributed by atoms with Gasteiger partial charge in [0.1, 0.15) is 5.60 Å². The minimum absolute atomic E-state index is 0.0648. The molecule has 0 aromatic carbocycles. The molecule has 0 radical (unpaired) electrons. The summed E-state index contributed by atoms with van der Waals surface area (Å²) in [7, 11) is 1.70. The number of aryl methyl sites for hydroxylation is 1. The van der Waals surface area contributed by atoms with Crippen molar-refractivity contribution >= 4 is 12.0 Å². The Morgan fingerprint density at radius 3 is 2.60 bits per heavy atom. The molecule has 2 aliphatic rings. The van der Waals surface area contributed by atoms with Gasteiger partial charge in [-0.05, 0) is 19.8 Å². The fourth-order valence-electron chi connectivity index (χ4n) is 3.57. The van der Waals surface area contributed by atoms with Gasteiger partial charge in [0.15, 0.2) is 0 Å². The molecule has 9 nitrogen and oxygen atoms in total. The number of nitrogens with one attached hydrogen (secondary N) is 2. The Morgan fingerprint density at radius 1 is 1.20 bits per heavy atom. The van der Waals surface area contributed by atoms with Crippen molar-refractivity contribution in [3.63, 3.8) is 0 Å². The lowest BCUT2D eigenvalue weighted by molar-refractivity contribution is -0.130. The van der Waals surface area contributed by atoms with Gasteiger partial charge in [-0.3, -0.25) is 14.6 Å². The molecule has 0 bridgehead atoms. The topological polar surface area (TPSA) is 116 Å². The lowest BCUT2D eigenvalue weighted by atomic mass is 9.95. The highest BCUT2D eigenvalue weighted by molar-refractivity contribution is 5.79. The van der Waals surface area contributed by atoms with Crippen molar-refractivity contribution in [1.82, 2.24) is 19.8 Å². The molecule has 1 aromatic rings. The maximum atomic E-state index is 12.6. The summed E-state index contributed by atoms with van der Waals surface area (Å²) in [5.74, 6) is -0.171. The van der Waals surface area contributed by atoms with Crippen LogP contribution in [0.5, 0.6) is 0 Å². The minimum Gasteiger partial charge on any atom is -0.441 e. The van der Waals surface area contributed by atoms with Crippen LogP contribution in [-0.4, -0.2) is 64.1 Å². The lowest BCUT2D eigenvalue weighted by Gasteiger charge is -2.25. The number of aromatic nitrogens is 2. The first-order chi connectivity index (χ1) is 11.8. The number of carbonyl (C=O) groups excluding carboxylic acids is 2. The molecule has 136 valence electrons. The van der Waals surface area contributed by atoms with Gasteiger partial charge in [-0.15, -0.1) is 0 Å². The zero-order valence-electron chi connectivity index (χ0n) is 14.4.